The van der Waals surface area contributed by atoms with Crippen LogP contribution in [-0.2, 0) is 27.6 Å². The first-order valence-electron chi connectivity index (χ1n) is 9.02. The molecule has 0 saturated heterocycles. The number of hydrogen-bond donors (Lipinski definition) is 3. The fourth-order valence-electron chi connectivity index (χ4n) is 2.75. The molecule has 0 amide bonds. The van der Waals surface area contributed by atoms with Gasteiger partial charge >= 0.3 is 5.97 Å². The van der Waals surface area contributed by atoms with Crippen LogP contribution in [0.15, 0.2) is 35.2 Å². The lowest BCUT2D eigenvalue weighted by Gasteiger charge is -2.16. The van der Waals surface area contributed by atoms with Crippen LogP contribution in [0.25, 0.3) is 0 Å². The van der Waals surface area contributed by atoms with Gasteiger partial charge in [0.15, 0.2) is 0 Å². The lowest BCUT2D eigenvalue weighted by Crippen LogP contribution is -2.17. The van der Waals surface area contributed by atoms with Crippen molar-refractivity contribution in [3.63, 3.8) is 0 Å². The minimum absolute atomic E-state index is 0.212. The Bertz CT molecular complexity index is 1000. The molecule has 158 valence electrons. The smallest absolute Gasteiger partial charge is 0.341 e. The van der Waals surface area contributed by atoms with Crippen LogP contribution in [0.4, 0.5) is 10.1 Å². The Labute approximate surface area is 169 Å². The highest BCUT2D eigenvalue weighted by Crippen LogP contribution is 2.29. The molecule has 2 aromatic rings. The van der Waals surface area contributed by atoms with Gasteiger partial charge in [-0.15, -0.1) is 0 Å². The highest BCUT2D eigenvalue weighted by atomic mass is 32.2. The molecule has 0 aliphatic heterocycles. The molecule has 0 heterocycles. The fourth-order valence-corrected chi connectivity index (χ4v) is 3.89. The number of anilines is 1. The average Bonchev–Trinajstić information content (AvgIpc) is 2.67. The van der Waals surface area contributed by atoms with E-state index >= 15 is 0 Å². The van der Waals surface area contributed by atoms with Gasteiger partial charge in [-0.25, -0.2) is 17.6 Å². The maximum atomic E-state index is 14.7. The minimum Gasteiger partial charge on any atom is -0.507 e. The number of aliphatic hydroxyl groups excluding tert-OH is 1. The summed E-state index contributed by atoms with van der Waals surface area (Å²) in [6.07, 6.45) is 0.523. The lowest BCUT2D eigenvalue weighted by atomic mass is 10.0. The molecular formula is C20H24FNO6S. The number of hydrogen-bond acceptors (Lipinski definition) is 6. The van der Waals surface area contributed by atoms with Crippen LogP contribution in [0.2, 0.25) is 0 Å². The van der Waals surface area contributed by atoms with E-state index in [1.54, 1.807) is 13.0 Å². The summed E-state index contributed by atoms with van der Waals surface area (Å²) >= 11 is 0. The van der Waals surface area contributed by atoms with Gasteiger partial charge in [0.1, 0.15) is 17.1 Å². The van der Waals surface area contributed by atoms with E-state index in [2.05, 4.69) is 9.46 Å². The van der Waals surface area contributed by atoms with Gasteiger partial charge in [-0.3, -0.25) is 4.72 Å². The highest BCUT2D eigenvalue weighted by molar-refractivity contribution is 7.92. The van der Waals surface area contributed by atoms with E-state index in [9.17, 15) is 27.8 Å². The van der Waals surface area contributed by atoms with Crippen molar-refractivity contribution in [3.05, 3.63) is 52.8 Å². The molecule has 0 radical (unpaired) electrons. The summed E-state index contributed by atoms with van der Waals surface area (Å²) in [5, 5.41) is 19.3. The molecule has 0 unspecified atom stereocenters. The molecule has 3 N–H and O–H groups in total. The normalized spacial score (nSPS) is 12.4. The van der Waals surface area contributed by atoms with E-state index in [0.717, 1.165) is 25.3 Å². The van der Waals surface area contributed by atoms with Crippen LogP contribution in [-0.4, -0.2) is 37.8 Å². The molecule has 29 heavy (non-hydrogen) atoms. The molecule has 0 aliphatic rings. The summed E-state index contributed by atoms with van der Waals surface area (Å²) in [5.41, 5.74) is 0.573. The first-order valence-corrected chi connectivity index (χ1v) is 10.5. The Morgan fingerprint density at radius 2 is 1.97 bits per heavy atom. The van der Waals surface area contributed by atoms with Gasteiger partial charge in [0.25, 0.3) is 10.0 Å². The second kappa shape index (κ2) is 9.23. The molecule has 0 spiro atoms. The van der Waals surface area contributed by atoms with Crippen molar-refractivity contribution >= 4 is 21.7 Å². The van der Waals surface area contributed by atoms with E-state index in [1.807, 2.05) is 6.92 Å². The third-order valence-electron chi connectivity index (χ3n) is 4.39. The Morgan fingerprint density at radius 1 is 1.28 bits per heavy atom. The van der Waals surface area contributed by atoms with Gasteiger partial charge < -0.3 is 14.9 Å². The topological polar surface area (TPSA) is 113 Å². The van der Waals surface area contributed by atoms with E-state index in [-0.39, 0.29) is 22.6 Å². The molecule has 0 aliphatic carbocycles. The average molecular weight is 425 g/mol. The molecule has 2 rings (SSSR count). The van der Waals surface area contributed by atoms with Gasteiger partial charge in [0.05, 0.1) is 23.8 Å². The molecule has 9 heteroatoms. The Morgan fingerprint density at radius 3 is 2.55 bits per heavy atom. The number of ether oxygens (including phenoxy) is 1. The number of carbonyl (C=O) groups excluding carboxylic acids is 1. The zero-order valence-electron chi connectivity index (χ0n) is 16.4. The number of nitrogens with one attached hydrogen (secondary N) is 1. The van der Waals surface area contributed by atoms with Crippen molar-refractivity contribution < 1.29 is 32.6 Å². The molecule has 0 aromatic heterocycles. The van der Waals surface area contributed by atoms with Gasteiger partial charge in [-0.1, -0.05) is 13.0 Å². The maximum absolute atomic E-state index is 14.7. The van der Waals surface area contributed by atoms with Crippen LogP contribution in [0.1, 0.15) is 41.8 Å². The largest absolute Gasteiger partial charge is 0.507 e. The summed E-state index contributed by atoms with van der Waals surface area (Å²) < 4.78 is 47.1. The zero-order valence-corrected chi connectivity index (χ0v) is 17.2. The third-order valence-corrected chi connectivity index (χ3v) is 5.74. The number of rotatable bonds is 8. The number of methoxy groups -OCH3 is 1. The SMILES string of the molecule is CCc1cc(F)c(NS(=O)(=O)c2ccc(O)c(C(=O)OC)c2)c(CC[C@@H](C)O)c1. The van der Waals surface area contributed by atoms with Gasteiger partial charge in [-0.05, 0) is 61.6 Å². The number of halogens is 1. The number of aromatic hydroxyl groups is 1. The fraction of sp³-hybridized carbons (Fsp3) is 0.350. The zero-order chi connectivity index (χ0) is 21.8. The number of benzene rings is 2. The molecule has 2 aromatic carbocycles. The standard InChI is InChI=1S/C20H24FNO6S/c1-4-13-9-14(6-5-12(2)23)19(17(21)10-13)22-29(26,27)15-7-8-18(24)16(11-15)20(25)28-3/h7-12,22-24H,4-6H2,1-3H3/t12-/m1/s1. The van der Waals surface area contributed by atoms with E-state index < -0.39 is 33.7 Å². The summed E-state index contributed by atoms with van der Waals surface area (Å²) in [6, 6.07) is 6.04. The maximum Gasteiger partial charge on any atom is 0.341 e. The number of esters is 1. The number of aryl methyl sites for hydroxylation is 2. The minimum atomic E-state index is -4.27. The number of sulfonamides is 1. The van der Waals surface area contributed by atoms with E-state index in [0.29, 0.717) is 24.0 Å². The predicted octanol–water partition coefficient (Wildman–Crippen LogP) is 2.99. The summed E-state index contributed by atoms with van der Waals surface area (Å²) in [5.74, 6) is -2.08. The van der Waals surface area contributed by atoms with Gasteiger partial charge in [-0.2, -0.15) is 0 Å². The molecule has 0 fully saturated rings. The van der Waals surface area contributed by atoms with Crippen LogP contribution >= 0.6 is 0 Å². The number of aliphatic hydroxyl groups is 1. The Kier molecular flexibility index (Phi) is 7.21. The monoisotopic (exact) mass is 425 g/mol. The molecular weight excluding hydrogens is 401 g/mol. The number of phenols is 1. The van der Waals surface area contributed by atoms with Crippen molar-refractivity contribution in [2.75, 3.05) is 11.8 Å². The quantitative estimate of drug-likeness (QED) is 0.561. The summed E-state index contributed by atoms with van der Waals surface area (Å²) in [6.45, 7) is 3.44. The van der Waals surface area contributed by atoms with Crippen LogP contribution in [0, 0.1) is 5.82 Å². The first-order chi connectivity index (χ1) is 13.6. The van der Waals surface area contributed by atoms with Crippen molar-refractivity contribution in [2.45, 2.75) is 44.1 Å². The number of carbonyl (C=O) groups is 1. The van der Waals surface area contributed by atoms with Crippen molar-refractivity contribution in [2.24, 2.45) is 0 Å². The molecule has 7 nitrogen and oxygen atoms in total. The summed E-state index contributed by atoms with van der Waals surface area (Å²) in [4.78, 5) is 11.4. The molecule has 0 bridgehead atoms. The van der Waals surface area contributed by atoms with Crippen molar-refractivity contribution in [1.82, 2.24) is 0 Å². The van der Waals surface area contributed by atoms with Crippen LogP contribution in [0.5, 0.6) is 5.75 Å². The summed E-state index contributed by atoms with van der Waals surface area (Å²) in [7, 11) is -3.17. The van der Waals surface area contributed by atoms with E-state index in [4.69, 9.17) is 0 Å². The van der Waals surface area contributed by atoms with Crippen molar-refractivity contribution in [1.29, 1.82) is 0 Å². The lowest BCUT2D eigenvalue weighted by molar-refractivity contribution is 0.0597. The van der Waals surface area contributed by atoms with E-state index in [1.165, 1.54) is 6.07 Å². The Balaban J connectivity index is 2.48. The third kappa shape index (κ3) is 5.45. The van der Waals surface area contributed by atoms with Crippen molar-refractivity contribution in [3.8, 4) is 5.75 Å². The highest BCUT2D eigenvalue weighted by Gasteiger charge is 2.23. The van der Waals surface area contributed by atoms with Gasteiger partial charge in [0.2, 0.25) is 0 Å². The number of phenolic OH excluding ortho intramolecular Hbond substituents is 1. The molecule has 0 saturated carbocycles. The second-order valence-electron chi connectivity index (χ2n) is 6.63. The van der Waals surface area contributed by atoms with Crippen LogP contribution in [0.3, 0.4) is 0 Å². The Hall–Kier alpha value is -2.65. The first kappa shape index (κ1) is 22.6. The van der Waals surface area contributed by atoms with Crippen LogP contribution < -0.4 is 4.72 Å². The predicted molar refractivity (Wildman–Crippen MR) is 106 cm³/mol. The second-order valence-corrected chi connectivity index (χ2v) is 8.31. The molecule has 1 atom stereocenters. The van der Waals surface area contributed by atoms with Gasteiger partial charge in [0, 0.05) is 0 Å².